The molecule has 0 N–H and O–H groups in total. The quantitative estimate of drug-likeness (QED) is 0.530. The largest absolute Gasteiger partial charge is 0.303 e. The minimum Gasteiger partial charge on any atom is -0.303 e. The van der Waals surface area contributed by atoms with Crippen molar-refractivity contribution in [3.63, 3.8) is 0 Å². The summed E-state index contributed by atoms with van der Waals surface area (Å²) in [6.45, 7) is 3.97. The lowest BCUT2D eigenvalue weighted by molar-refractivity contribution is 0.340. The Hall–Kier alpha value is 0.177. The third-order valence-corrected chi connectivity index (χ3v) is 2.20. The van der Waals surface area contributed by atoms with E-state index in [1.54, 1.807) is 0 Å². The van der Waals surface area contributed by atoms with Crippen LogP contribution in [0.25, 0.3) is 0 Å². The van der Waals surface area contributed by atoms with E-state index in [0.29, 0.717) is 0 Å². The molecular weight excluding hydrogens is 126 g/mol. The van der Waals surface area contributed by atoms with Gasteiger partial charge in [0.2, 0.25) is 0 Å². The predicted molar refractivity (Wildman–Crippen MR) is 40.9 cm³/mol. The molecule has 0 aromatic rings. The van der Waals surface area contributed by atoms with Crippen molar-refractivity contribution < 1.29 is 0 Å². The first-order valence-corrected chi connectivity index (χ1v) is 4.51. The van der Waals surface area contributed by atoms with Crippen LogP contribution >= 0.6 is 0 Å². The second-order valence-corrected chi connectivity index (χ2v) is 3.15. The standard InChI is InChI=1S/C7H14NSi/c9-7-3-6-8-4-1-2-5-8/h1-7H2. The summed E-state index contributed by atoms with van der Waals surface area (Å²) >= 11 is 0. The lowest BCUT2D eigenvalue weighted by Crippen LogP contribution is -2.19. The first kappa shape index (κ1) is 7.29. The highest BCUT2D eigenvalue weighted by Crippen LogP contribution is 2.07. The highest BCUT2D eigenvalue weighted by atomic mass is 28.1. The van der Waals surface area contributed by atoms with Crippen LogP contribution in [0.15, 0.2) is 0 Å². The second kappa shape index (κ2) is 4.07. The van der Waals surface area contributed by atoms with Crippen LogP contribution in [0.2, 0.25) is 6.04 Å². The summed E-state index contributed by atoms with van der Waals surface area (Å²) in [7, 11) is 3.47. The van der Waals surface area contributed by atoms with Crippen molar-refractivity contribution in [2.45, 2.75) is 25.3 Å². The molecule has 0 aromatic carbocycles. The molecule has 0 unspecified atom stereocenters. The number of rotatable bonds is 3. The van der Waals surface area contributed by atoms with E-state index in [-0.39, 0.29) is 0 Å². The van der Waals surface area contributed by atoms with Crippen LogP contribution in [0.4, 0.5) is 0 Å². The monoisotopic (exact) mass is 140 g/mol. The minimum absolute atomic E-state index is 1.15. The highest BCUT2D eigenvalue weighted by molar-refractivity contribution is 6.08. The molecule has 0 bridgehead atoms. The second-order valence-electron chi connectivity index (χ2n) is 2.65. The van der Waals surface area contributed by atoms with E-state index in [1.165, 1.54) is 38.9 Å². The smallest absolute Gasteiger partial charge is 0.0222 e. The molecule has 0 aromatic heterocycles. The average Bonchev–Trinajstić information content (AvgIpc) is 2.34. The Morgan fingerprint density at radius 2 is 1.89 bits per heavy atom. The van der Waals surface area contributed by atoms with Gasteiger partial charge in [-0.2, -0.15) is 0 Å². The molecule has 0 atom stereocenters. The molecule has 1 rings (SSSR count). The van der Waals surface area contributed by atoms with Crippen LogP contribution in [0.1, 0.15) is 19.3 Å². The summed E-state index contributed by atoms with van der Waals surface area (Å²) in [5.74, 6) is 0. The van der Waals surface area contributed by atoms with Crippen molar-refractivity contribution in [2.24, 2.45) is 0 Å². The van der Waals surface area contributed by atoms with Gasteiger partial charge in [-0.05, 0) is 38.9 Å². The third kappa shape index (κ3) is 2.50. The Labute approximate surface area is 60.9 Å². The van der Waals surface area contributed by atoms with Crippen LogP contribution in [-0.4, -0.2) is 34.8 Å². The summed E-state index contributed by atoms with van der Waals surface area (Å²) in [6.07, 6.45) is 4.14. The van der Waals surface area contributed by atoms with Crippen LogP contribution < -0.4 is 0 Å². The molecule has 1 aliphatic heterocycles. The van der Waals surface area contributed by atoms with Crippen LogP contribution in [-0.2, 0) is 0 Å². The van der Waals surface area contributed by atoms with Crippen molar-refractivity contribution in [3.8, 4) is 0 Å². The van der Waals surface area contributed by atoms with Crippen molar-refractivity contribution >= 4 is 10.2 Å². The first-order valence-electron chi connectivity index (χ1n) is 3.80. The molecule has 2 heteroatoms. The van der Waals surface area contributed by atoms with Crippen molar-refractivity contribution in [2.75, 3.05) is 19.6 Å². The maximum absolute atomic E-state index is 3.47. The fourth-order valence-electron chi connectivity index (χ4n) is 1.31. The predicted octanol–water partition coefficient (Wildman–Crippen LogP) is 1.06. The van der Waals surface area contributed by atoms with Crippen LogP contribution in [0.5, 0.6) is 0 Å². The van der Waals surface area contributed by atoms with Gasteiger partial charge < -0.3 is 4.90 Å². The van der Waals surface area contributed by atoms with Crippen LogP contribution in [0, 0.1) is 0 Å². The fraction of sp³-hybridized carbons (Fsp3) is 1.00. The average molecular weight is 140 g/mol. The molecule has 1 saturated heterocycles. The Morgan fingerprint density at radius 1 is 1.22 bits per heavy atom. The molecule has 3 radical (unpaired) electrons. The Bertz CT molecular complexity index is 69.3. The highest BCUT2D eigenvalue weighted by Gasteiger charge is 2.08. The first-order chi connectivity index (χ1) is 4.43. The van der Waals surface area contributed by atoms with E-state index in [2.05, 4.69) is 15.1 Å². The van der Waals surface area contributed by atoms with Gasteiger partial charge in [0, 0.05) is 10.2 Å². The van der Waals surface area contributed by atoms with Gasteiger partial charge in [-0.1, -0.05) is 6.04 Å². The lowest BCUT2D eigenvalue weighted by atomic mass is 10.4. The van der Waals surface area contributed by atoms with Crippen molar-refractivity contribution in [1.29, 1.82) is 0 Å². The summed E-state index contributed by atoms with van der Waals surface area (Å²) in [6, 6.07) is 1.15. The third-order valence-electron chi connectivity index (χ3n) is 1.85. The molecule has 0 aliphatic carbocycles. The van der Waals surface area contributed by atoms with E-state index in [0.717, 1.165) is 6.04 Å². The number of hydrogen-bond donors (Lipinski definition) is 0. The Morgan fingerprint density at radius 3 is 2.44 bits per heavy atom. The maximum atomic E-state index is 3.47. The summed E-state index contributed by atoms with van der Waals surface area (Å²) < 4.78 is 0. The van der Waals surface area contributed by atoms with Gasteiger partial charge >= 0.3 is 0 Å². The van der Waals surface area contributed by atoms with Gasteiger partial charge in [0.25, 0.3) is 0 Å². The number of nitrogens with zero attached hydrogens (tertiary/aromatic N) is 1. The lowest BCUT2D eigenvalue weighted by Gasteiger charge is -2.12. The fourth-order valence-corrected chi connectivity index (χ4v) is 1.47. The van der Waals surface area contributed by atoms with E-state index >= 15 is 0 Å². The SMILES string of the molecule is [Si]CCCN1CCCC1. The van der Waals surface area contributed by atoms with E-state index in [4.69, 9.17) is 0 Å². The molecule has 9 heavy (non-hydrogen) atoms. The zero-order valence-corrected chi connectivity index (χ0v) is 6.90. The topological polar surface area (TPSA) is 3.24 Å². The number of hydrogen-bond acceptors (Lipinski definition) is 1. The minimum atomic E-state index is 1.15. The molecule has 0 saturated carbocycles. The van der Waals surface area contributed by atoms with E-state index < -0.39 is 0 Å². The van der Waals surface area contributed by atoms with E-state index in [1.807, 2.05) is 0 Å². The van der Waals surface area contributed by atoms with Gasteiger partial charge in [0.15, 0.2) is 0 Å². The van der Waals surface area contributed by atoms with Gasteiger partial charge in [0.1, 0.15) is 0 Å². The molecule has 0 spiro atoms. The molecule has 0 amide bonds. The Kier molecular flexibility index (Phi) is 3.29. The van der Waals surface area contributed by atoms with Gasteiger partial charge in [-0.25, -0.2) is 0 Å². The Balaban J connectivity index is 1.98. The zero-order chi connectivity index (χ0) is 6.53. The summed E-state index contributed by atoms with van der Waals surface area (Å²) in [5, 5.41) is 0. The normalized spacial score (nSPS) is 21.0. The summed E-state index contributed by atoms with van der Waals surface area (Å²) in [4.78, 5) is 2.54. The molecule has 1 fully saturated rings. The van der Waals surface area contributed by atoms with Gasteiger partial charge in [0.05, 0.1) is 0 Å². The summed E-state index contributed by atoms with van der Waals surface area (Å²) in [5.41, 5.74) is 0. The molecular formula is C7H14NSi. The van der Waals surface area contributed by atoms with Gasteiger partial charge in [-0.3, -0.25) is 0 Å². The van der Waals surface area contributed by atoms with Crippen molar-refractivity contribution in [3.05, 3.63) is 0 Å². The maximum Gasteiger partial charge on any atom is 0.0222 e. The van der Waals surface area contributed by atoms with E-state index in [9.17, 15) is 0 Å². The van der Waals surface area contributed by atoms with Crippen molar-refractivity contribution in [1.82, 2.24) is 4.90 Å². The molecule has 1 nitrogen and oxygen atoms in total. The molecule has 1 heterocycles. The molecule has 51 valence electrons. The molecule has 1 aliphatic rings. The van der Waals surface area contributed by atoms with Gasteiger partial charge in [-0.15, -0.1) is 0 Å². The van der Waals surface area contributed by atoms with Crippen LogP contribution in [0.3, 0.4) is 0 Å². The number of likely N-dealkylation sites (tertiary alicyclic amines) is 1. The zero-order valence-electron chi connectivity index (χ0n) is 5.90.